The minimum atomic E-state index is -3.61. The van der Waals surface area contributed by atoms with Crippen LogP contribution in [0, 0.1) is 13.8 Å². The predicted molar refractivity (Wildman–Crippen MR) is 128 cm³/mol. The first-order valence-corrected chi connectivity index (χ1v) is 11.9. The number of carbonyl (C=O) groups excluding carboxylic acids is 1. The van der Waals surface area contributed by atoms with Gasteiger partial charge in [0.05, 0.1) is 18.6 Å². The van der Waals surface area contributed by atoms with Crippen molar-refractivity contribution in [1.29, 1.82) is 0 Å². The standard InChI is InChI=1S/C24H32N2O5S/c1-7-8-13-31-22-11-9-19(15-23(22)30-6)10-12-24(27)25-21-16-20(14-17(2)18(21)3)32(28,29)26(4)5/h9-12,14-16H,7-8,13H2,1-6H3,(H,25,27)/b12-10+. The van der Waals surface area contributed by atoms with E-state index in [9.17, 15) is 13.2 Å². The van der Waals surface area contributed by atoms with Gasteiger partial charge in [-0.25, -0.2) is 12.7 Å². The summed E-state index contributed by atoms with van der Waals surface area (Å²) in [7, 11) is 0.904. The zero-order valence-corrected chi connectivity index (χ0v) is 20.4. The van der Waals surface area contributed by atoms with Gasteiger partial charge >= 0.3 is 0 Å². The third-order valence-electron chi connectivity index (χ3n) is 5.05. The van der Waals surface area contributed by atoms with Gasteiger partial charge in [-0.15, -0.1) is 0 Å². The van der Waals surface area contributed by atoms with Crippen LogP contribution in [0.15, 0.2) is 41.3 Å². The highest BCUT2D eigenvalue weighted by atomic mass is 32.2. The Hall–Kier alpha value is -2.84. The van der Waals surface area contributed by atoms with Gasteiger partial charge in [-0.05, 0) is 67.3 Å². The Labute approximate surface area is 191 Å². The molecule has 0 aromatic heterocycles. The van der Waals surface area contributed by atoms with Crippen LogP contribution in [0.3, 0.4) is 0 Å². The summed E-state index contributed by atoms with van der Waals surface area (Å²) in [5, 5.41) is 2.78. The summed E-state index contributed by atoms with van der Waals surface area (Å²) in [5.74, 6) is 0.887. The van der Waals surface area contributed by atoms with Crippen molar-refractivity contribution in [2.75, 3.05) is 33.1 Å². The van der Waals surface area contributed by atoms with E-state index < -0.39 is 10.0 Å². The molecule has 0 bridgehead atoms. The van der Waals surface area contributed by atoms with Crippen LogP contribution in [0.5, 0.6) is 11.5 Å². The molecule has 0 aliphatic rings. The lowest BCUT2D eigenvalue weighted by atomic mass is 10.1. The van der Waals surface area contributed by atoms with Crippen LogP contribution in [0.1, 0.15) is 36.5 Å². The second-order valence-electron chi connectivity index (χ2n) is 7.64. The van der Waals surface area contributed by atoms with Crippen LogP contribution in [0.4, 0.5) is 5.69 Å². The molecule has 0 radical (unpaired) electrons. The summed E-state index contributed by atoms with van der Waals surface area (Å²) in [6.45, 7) is 6.36. The lowest BCUT2D eigenvalue weighted by Crippen LogP contribution is -2.22. The second kappa shape index (κ2) is 11.2. The molecule has 2 rings (SSSR count). The summed E-state index contributed by atoms with van der Waals surface area (Å²) >= 11 is 0. The first-order chi connectivity index (χ1) is 15.1. The van der Waals surface area contributed by atoms with E-state index in [0.717, 1.165) is 33.8 Å². The smallest absolute Gasteiger partial charge is 0.248 e. The summed E-state index contributed by atoms with van der Waals surface area (Å²) in [5.41, 5.74) is 2.81. The van der Waals surface area contributed by atoms with Crippen LogP contribution < -0.4 is 14.8 Å². The lowest BCUT2D eigenvalue weighted by molar-refractivity contribution is -0.111. The Morgan fingerprint density at radius 2 is 1.84 bits per heavy atom. The molecular weight excluding hydrogens is 428 g/mol. The van der Waals surface area contributed by atoms with Crippen LogP contribution >= 0.6 is 0 Å². The molecule has 0 unspecified atom stereocenters. The third kappa shape index (κ3) is 6.34. The van der Waals surface area contributed by atoms with Crippen LogP contribution in [0.2, 0.25) is 0 Å². The number of rotatable bonds is 10. The van der Waals surface area contributed by atoms with E-state index in [1.54, 1.807) is 25.3 Å². The molecule has 8 heteroatoms. The van der Waals surface area contributed by atoms with Crippen molar-refractivity contribution in [2.24, 2.45) is 0 Å². The summed E-state index contributed by atoms with van der Waals surface area (Å²) in [6, 6.07) is 8.54. The number of carbonyl (C=O) groups is 1. The fourth-order valence-corrected chi connectivity index (χ4v) is 3.91. The number of nitrogens with one attached hydrogen (secondary N) is 1. The number of unbranched alkanes of at least 4 members (excludes halogenated alkanes) is 1. The summed E-state index contributed by atoms with van der Waals surface area (Å²) in [4.78, 5) is 12.7. The number of benzene rings is 2. The molecule has 2 aromatic rings. The Kier molecular flexibility index (Phi) is 8.86. The number of anilines is 1. The van der Waals surface area contributed by atoms with Crippen molar-refractivity contribution in [2.45, 2.75) is 38.5 Å². The topological polar surface area (TPSA) is 84.9 Å². The highest BCUT2D eigenvalue weighted by molar-refractivity contribution is 7.89. The van der Waals surface area contributed by atoms with Gasteiger partial charge in [-0.1, -0.05) is 19.4 Å². The van der Waals surface area contributed by atoms with Gasteiger partial charge in [0.1, 0.15) is 0 Å². The van der Waals surface area contributed by atoms with Crippen LogP contribution in [-0.4, -0.2) is 46.4 Å². The third-order valence-corrected chi connectivity index (χ3v) is 6.84. The molecule has 0 aliphatic carbocycles. The Bertz CT molecular complexity index is 1090. The van der Waals surface area contributed by atoms with Gasteiger partial charge in [0, 0.05) is 25.9 Å². The molecule has 32 heavy (non-hydrogen) atoms. The van der Waals surface area contributed by atoms with E-state index in [2.05, 4.69) is 12.2 Å². The quantitative estimate of drug-likeness (QED) is 0.420. The molecule has 174 valence electrons. The largest absolute Gasteiger partial charge is 0.493 e. The van der Waals surface area contributed by atoms with Crippen molar-refractivity contribution in [3.63, 3.8) is 0 Å². The highest BCUT2D eigenvalue weighted by Gasteiger charge is 2.20. The highest BCUT2D eigenvalue weighted by Crippen LogP contribution is 2.29. The fraction of sp³-hybridized carbons (Fsp3) is 0.375. The molecule has 7 nitrogen and oxygen atoms in total. The van der Waals surface area contributed by atoms with E-state index in [1.807, 2.05) is 26.0 Å². The van der Waals surface area contributed by atoms with E-state index in [0.29, 0.717) is 23.8 Å². The van der Waals surface area contributed by atoms with Gasteiger partial charge in [0.15, 0.2) is 11.5 Å². The molecule has 0 saturated carbocycles. The number of aryl methyl sites for hydroxylation is 1. The van der Waals surface area contributed by atoms with E-state index in [1.165, 1.54) is 26.2 Å². The Balaban J connectivity index is 2.19. The first kappa shape index (κ1) is 25.4. The molecule has 0 fully saturated rings. The minimum Gasteiger partial charge on any atom is -0.493 e. The number of hydrogen-bond donors (Lipinski definition) is 1. The maximum Gasteiger partial charge on any atom is 0.248 e. The predicted octanol–water partition coefficient (Wildman–Crippen LogP) is 4.39. The van der Waals surface area contributed by atoms with Crippen molar-refractivity contribution in [1.82, 2.24) is 4.31 Å². The average Bonchev–Trinajstić information content (AvgIpc) is 2.75. The van der Waals surface area contributed by atoms with Gasteiger partial charge in [0.25, 0.3) is 0 Å². The molecule has 1 amide bonds. The van der Waals surface area contributed by atoms with E-state index in [-0.39, 0.29) is 10.8 Å². The monoisotopic (exact) mass is 460 g/mol. The molecule has 2 aromatic carbocycles. The van der Waals surface area contributed by atoms with Crippen molar-refractivity contribution < 1.29 is 22.7 Å². The molecule has 0 aliphatic heterocycles. The first-order valence-electron chi connectivity index (χ1n) is 10.4. The number of methoxy groups -OCH3 is 1. The normalized spacial score (nSPS) is 11.7. The Morgan fingerprint density at radius 3 is 2.47 bits per heavy atom. The zero-order chi connectivity index (χ0) is 23.9. The number of hydrogen-bond acceptors (Lipinski definition) is 5. The second-order valence-corrected chi connectivity index (χ2v) is 9.79. The molecule has 1 N–H and O–H groups in total. The molecular formula is C24H32N2O5S. The van der Waals surface area contributed by atoms with Gasteiger partial charge < -0.3 is 14.8 Å². The SMILES string of the molecule is CCCCOc1ccc(/C=C/C(=O)Nc2cc(S(=O)(=O)N(C)C)cc(C)c2C)cc1OC. The molecule has 0 atom stereocenters. The maximum atomic E-state index is 12.5. The average molecular weight is 461 g/mol. The molecule has 0 saturated heterocycles. The number of nitrogens with zero attached hydrogens (tertiary/aromatic N) is 1. The van der Waals surface area contributed by atoms with Crippen molar-refractivity contribution in [3.05, 3.63) is 53.1 Å². The number of ether oxygens (including phenoxy) is 2. The van der Waals surface area contributed by atoms with Gasteiger partial charge in [0.2, 0.25) is 15.9 Å². The van der Waals surface area contributed by atoms with Gasteiger partial charge in [-0.3, -0.25) is 4.79 Å². The number of sulfonamides is 1. The van der Waals surface area contributed by atoms with Crippen molar-refractivity contribution in [3.8, 4) is 11.5 Å². The van der Waals surface area contributed by atoms with E-state index >= 15 is 0 Å². The molecule has 0 heterocycles. The van der Waals surface area contributed by atoms with E-state index in [4.69, 9.17) is 9.47 Å². The van der Waals surface area contributed by atoms with Crippen LogP contribution in [0.25, 0.3) is 6.08 Å². The zero-order valence-electron chi connectivity index (χ0n) is 19.6. The number of amides is 1. The Morgan fingerprint density at radius 1 is 1.12 bits per heavy atom. The van der Waals surface area contributed by atoms with Crippen LogP contribution in [-0.2, 0) is 14.8 Å². The minimum absolute atomic E-state index is 0.133. The van der Waals surface area contributed by atoms with Crippen molar-refractivity contribution >= 4 is 27.7 Å². The lowest BCUT2D eigenvalue weighted by Gasteiger charge is -2.16. The summed E-state index contributed by atoms with van der Waals surface area (Å²) < 4.78 is 37.2. The fourth-order valence-electron chi connectivity index (χ4n) is 2.90. The summed E-state index contributed by atoms with van der Waals surface area (Å²) in [6.07, 6.45) is 5.06. The molecule has 0 spiro atoms. The van der Waals surface area contributed by atoms with Gasteiger partial charge in [-0.2, -0.15) is 0 Å². The maximum absolute atomic E-state index is 12.5.